The highest BCUT2D eigenvalue weighted by Gasteiger charge is 2.22. The van der Waals surface area contributed by atoms with Crippen LogP contribution in [0.1, 0.15) is 40.3 Å². The van der Waals surface area contributed by atoms with Gasteiger partial charge in [-0.1, -0.05) is 0 Å². The van der Waals surface area contributed by atoms with Crippen molar-refractivity contribution in [2.24, 2.45) is 0 Å². The number of hydrogen-bond acceptors (Lipinski definition) is 5. The lowest BCUT2D eigenvalue weighted by Crippen LogP contribution is -2.09. The molecule has 0 aromatic carbocycles. The van der Waals surface area contributed by atoms with Crippen LogP contribution in [0, 0.1) is 20.8 Å². The monoisotopic (exact) mass is 307 g/mol. The maximum atomic E-state index is 11.9. The lowest BCUT2D eigenvalue weighted by molar-refractivity contribution is 0.0599. The molecule has 2 aromatic heterocycles. The second-order valence-corrected chi connectivity index (χ2v) is 6.54. The smallest absolute Gasteiger partial charge is 0.339 e. The van der Waals surface area contributed by atoms with Crippen molar-refractivity contribution in [2.75, 3.05) is 12.4 Å². The summed E-state index contributed by atoms with van der Waals surface area (Å²) in [6.07, 6.45) is 0. The molecule has 114 valence electrons. The molecule has 0 bridgehead atoms. The Hall–Kier alpha value is -1.82. The number of aromatic nitrogens is 2. The van der Waals surface area contributed by atoms with E-state index in [1.807, 2.05) is 20.8 Å². The summed E-state index contributed by atoms with van der Waals surface area (Å²) in [7, 11) is 1.40. The van der Waals surface area contributed by atoms with Gasteiger partial charge in [-0.15, -0.1) is 11.3 Å². The molecule has 0 aliphatic rings. The zero-order valence-corrected chi connectivity index (χ0v) is 14.1. The van der Waals surface area contributed by atoms with Gasteiger partial charge in [-0.25, -0.2) is 9.78 Å². The van der Waals surface area contributed by atoms with Crippen LogP contribution in [0.15, 0.2) is 0 Å². The van der Waals surface area contributed by atoms with Crippen LogP contribution in [0.25, 0.3) is 11.4 Å². The van der Waals surface area contributed by atoms with Crippen LogP contribution in [0.4, 0.5) is 5.13 Å². The molecule has 0 unspecified atom stereocenters. The molecule has 2 N–H and O–H groups in total. The Labute approximate surface area is 128 Å². The van der Waals surface area contributed by atoms with Crippen LogP contribution in [0.5, 0.6) is 0 Å². The number of hydrogen-bond donors (Lipinski definition) is 2. The summed E-state index contributed by atoms with van der Waals surface area (Å²) in [5.74, 6) is -0.319. The van der Waals surface area contributed by atoms with Crippen LogP contribution in [-0.2, 0) is 4.74 Å². The number of aromatic amines is 1. The second-order valence-electron chi connectivity index (χ2n) is 5.34. The molecule has 2 rings (SSSR count). The van der Waals surface area contributed by atoms with Crippen molar-refractivity contribution in [1.82, 2.24) is 9.97 Å². The van der Waals surface area contributed by atoms with Crippen LogP contribution in [-0.4, -0.2) is 29.1 Å². The number of nitrogens with one attached hydrogen (secondary N) is 2. The third-order valence-corrected chi connectivity index (χ3v) is 4.17. The van der Waals surface area contributed by atoms with Crippen molar-refractivity contribution in [3.8, 4) is 11.4 Å². The van der Waals surface area contributed by atoms with Crippen molar-refractivity contribution in [2.45, 2.75) is 40.7 Å². The summed E-state index contributed by atoms with van der Waals surface area (Å²) in [6.45, 7) is 9.98. The number of carbonyl (C=O) groups excluding carboxylic acids is 1. The number of aryl methyl sites for hydroxylation is 2. The van der Waals surface area contributed by atoms with E-state index in [1.165, 1.54) is 7.11 Å². The maximum absolute atomic E-state index is 11.9. The second kappa shape index (κ2) is 5.89. The minimum absolute atomic E-state index is 0.319. The number of H-pyrrole nitrogens is 1. The van der Waals surface area contributed by atoms with Crippen LogP contribution in [0.3, 0.4) is 0 Å². The number of nitrogens with zero attached hydrogens (tertiary/aromatic N) is 1. The Bertz CT molecular complexity index is 671. The summed E-state index contributed by atoms with van der Waals surface area (Å²) < 4.78 is 4.85. The molecule has 0 spiro atoms. The van der Waals surface area contributed by atoms with Crippen molar-refractivity contribution in [1.29, 1.82) is 0 Å². The Morgan fingerprint density at radius 3 is 2.57 bits per heavy atom. The van der Waals surface area contributed by atoms with Gasteiger partial charge in [0.05, 0.1) is 18.4 Å². The number of methoxy groups -OCH3 is 1. The Morgan fingerprint density at radius 2 is 2.00 bits per heavy atom. The van der Waals surface area contributed by atoms with Gasteiger partial charge in [0.2, 0.25) is 0 Å². The van der Waals surface area contributed by atoms with E-state index in [-0.39, 0.29) is 5.97 Å². The highest BCUT2D eigenvalue weighted by atomic mass is 32.1. The van der Waals surface area contributed by atoms with E-state index in [2.05, 4.69) is 29.1 Å². The predicted molar refractivity (Wildman–Crippen MR) is 86.2 cm³/mol. The molecule has 0 aliphatic carbocycles. The van der Waals surface area contributed by atoms with E-state index >= 15 is 0 Å². The van der Waals surface area contributed by atoms with Crippen LogP contribution in [0.2, 0.25) is 0 Å². The molecule has 0 atom stereocenters. The number of esters is 1. The quantitative estimate of drug-likeness (QED) is 0.846. The fourth-order valence-corrected chi connectivity index (χ4v) is 3.30. The van der Waals surface area contributed by atoms with Gasteiger partial charge in [0, 0.05) is 16.6 Å². The molecule has 21 heavy (non-hydrogen) atoms. The highest BCUT2D eigenvalue weighted by Crippen LogP contribution is 2.34. The van der Waals surface area contributed by atoms with E-state index in [0.29, 0.717) is 11.6 Å². The molecule has 2 heterocycles. The number of rotatable bonds is 4. The molecule has 6 heteroatoms. The highest BCUT2D eigenvalue weighted by molar-refractivity contribution is 7.16. The molecule has 5 nitrogen and oxygen atoms in total. The van der Waals surface area contributed by atoms with Gasteiger partial charge in [-0.05, 0) is 40.2 Å². The third-order valence-electron chi connectivity index (χ3n) is 3.27. The van der Waals surface area contributed by atoms with Gasteiger partial charge < -0.3 is 15.0 Å². The first-order valence-corrected chi connectivity index (χ1v) is 7.68. The van der Waals surface area contributed by atoms with Gasteiger partial charge in [0.1, 0.15) is 5.69 Å². The standard InChI is InChI=1S/C15H21N3O2S/c1-7(2)16-15-18-13(10(5)21-15)12-8(3)11(9(4)17-12)14(19)20-6/h7,17H,1-6H3,(H,16,18). The van der Waals surface area contributed by atoms with Crippen LogP contribution < -0.4 is 5.32 Å². The Balaban J connectivity index is 2.48. The SMILES string of the molecule is COC(=O)c1c(C)[nH]c(-c2nc(NC(C)C)sc2C)c1C. The van der Waals surface area contributed by atoms with Gasteiger partial charge in [0.25, 0.3) is 0 Å². The van der Waals surface area contributed by atoms with Crippen molar-refractivity contribution >= 4 is 22.4 Å². The number of anilines is 1. The fraction of sp³-hybridized carbons (Fsp3) is 0.467. The van der Waals surface area contributed by atoms with E-state index in [0.717, 1.165) is 32.7 Å². The van der Waals surface area contributed by atoms with Crippen molar-refractivity contribution < 1.29 is 9.53 Å². The van der Waals surface area contributed by atoms with Crippen LogP contribution >= 0.6 is 11.3 Å². The first-order chi connectivity index (χ1) is 9.85. The first-order valence-electron chi connectivity index (χ1n) is 6.87. The van der Waals surface area contributed by atoms with E-state index in [1.54, 1.807) is 11.3 Å². The molecule has 0 saturated heterocycles. The average molecular weight is 307 g/mol. The number of carbonyl (C=O) groups is 1. The number of ether oxygens (including phenoxy) is 1. The number of thiazole rings is 1. The molecule has 2 aromatic rings. The molecular formula is C15H21N3O2S. The summed E-state index contributed by atoms with van der Waals surface area (Å²) in [5.41, 5.74) is 4.06. The summed E-state index contributed by atoms with van der Waals surface area (Å²) >= 11 is 1.62. The van der Waals surface area contributed by atoms with E-state index in [9.17, 15) is 4.79 Å². The van der Waals surface area contributed by atoms with E-state index < -0.39 is 0 Å². The summed E-state index contributed by atoms with van der Waals surface area (Å²) in [4.78, 5) is 20.9. The minimum atomic E-state index is -0.319. The molecule has 0 aliphatic heterocycles. The largest absolute Gasteiger partial charge is 0.465 e. The maximum Gasteiger partial charge on any atom is 0.339 e. The fourth-order valence-electron chi connectivity index (χ4n) is 2.33. The molecule has 0 fully saturated rings. The van der Waals surface area contributed by atoms with Gasteiger partial charge in [0.15, 0.2) is 5.13 Å². The Morgan fingerprint density at radius 1 is 1.33 bits per heavy atom. The van der Waals surface area contributed by atoms with E-state index in [4.69, 9.17) is 4.74 Å². The molecule has 0 radical (unpaired) electrons. The van der Waals surface area contributed by atoms with Crippen molar-refractivity contribution in [3.63, 3.8) is 0 Å². The predicted octanol–water partition coefficient (Wildman–Crippen LogP) is 3.67. The molecule has 0 amide bonds. The van der Waals surface area contributed by atoms with Gasteiger partial charge in [-0.3, -0.25) is 0 Å². The topological polar surface area (TPSA) is 67.0 Å². The lowest BCUT2D eigenvalue weighted by Gasteiger charge is -2.04. The molecule has 0 saturated carbocycles. The normalized spacial score (nSPS) is 11.0. The third kappa shape index (κ3) is 2.95. The average Bonchev–Trinajstić information content (AvgIpc) is 2.88. The summed E-state index contributed by atoms with van der Waals surface area (Å²) in [5, 5.41) is 4.20. The molecular weight excluding hydrogens is 286 g/mol. The summed E-state index contributed by atoms with van der Waals surface area (Å²) in [6, 6.07) is 0.334. The zero-order chi connectivity index (χ0) is 15.7. The van der Waals surface area contributed by atoms with Gasteiger partial charge in [-0.2, -0.15) is 0 Å². The zero-order valence-electron chi connectivity index (χ0n) is 13.2. The van der Waals surface area contributed by atoms with Gasteiger partial charge >= 0.3 is 5.97 Å². The first kappa shape index (κ1) is 15.6. The van der Waals surface area contributed by atoms with Crippen molar-refractivity contribution in [3.05, 3.63) is 21.7 Å². The lowest BCUT2D eigenvalue weighted by atomic mass is 10.1. The Kier molecular flexibility index (Phi) is 4.37. The minimum Gasteiger partial charge on any atom is -0.465 e.